The van der Waals surface area contributed by atoms with E-state index in [1.54, 1.807) is 6.07 Å². The fraction of sp³-hybridized carbons (Fsp3) is 0.316. The van der Waals surface area contributed by atoms with Crippen LogP contribution in [0.3, 0.4) is 0 Å². The summed E-state index contributed by atoms with van der Waals surface area (Å²) < 4.78 is 13.3. The van der Waals surface area contributed by atoms with Crippen molar-refractivity contribution in [3.05, 3.63) is 65.0 Å². The second-order valence-corrected chi connectivity index (χ2v) is 5.98. The standard InChI is InChI=1S/C19H23FN2O/c1-13-7-5-8-14(2)18(13)21-19(23)15(3)22(4)12-16-9-6-10-17(20)11-16/h5-11,15H,12H2,1-4H3,(H,21,23). The molecule has 0 bridgehead atoms. The summed E-state index contributed by atoms with van der Waals surface area (Å²) in [5.41, 5.74) is 3.79. The molecular weight excluding hydrogens is 291 g/mol. The highest BCUT2D eigenvalue weighted by molar-refractivity contribution is 5.95. The van der Waals surface area contributed by atoms with Gasteiger partial charge in [0.2, 0.25) is 5.91 Å². The summed E-state index contributed by atoms with van der Waals surface area (Å²) in [6.45, 7) is 6.31. The maximum atomic E-state index is 13.3. The lowest BCUT2D eigenvalue weighted by Gasteiger charge is -2.24. The van der Waals surface area contributed by atoms with Gasteiger partial charge >= 0.3 is 0 Å². The van der Waals surface area contributed by atoms with Crippen molar-refractivity contribution in [2.75, 3.05) is 12.4 Å². The number of halogens is 1. The molecule has 0 saturated carbocycles. The van der Waals surface area contributed by atoms with Gasteiger partial charge in [0.1, 0.15) is 5.82 Å². The SMILES string of the molecule is Cc1cccc(C)c1NC(=O)C(C)N(C)Cc1cccc(F)c1. The van der Waals surface area contributed by atoms with E-state index in [-0.39, 0.29) is 17.8 Å². The first-order valence-electron chi connectivity index (χ1n) is 7.70. The predicted molar refractivity (Wildman–Crippen MR) is 91.9 cm³/mol. The van der Waals surface area contributed by atoms with Crippen molar-refractivity contribution in [2.45, 2.75) is 33.4 Å². The molecular formula is C19H23FN2O. The Morgan fingerprint density at radius 2 is 1.78 bits per heavy atom. The Bertz CT molecular complexity index is 679. The minimum absolute atomic E-state index is 0.0682. The van der Waals surface area contributed by atoms with Crippen molar-refractivity contribution < 1.29 is 9.18 Å². The van der Waals surface area contributed by atoms with E-state index in [4.69, 9.17) is 0 Å². The molecule has 0 spiro atoms. The number of para-hydroxylation sites is 1. The van der Waals surface area contributed by atoms with Gasteiger partial charge in [0.25, 0.3) is 0 Å². The van der Waals surface area contributed by atoms with Crippen molar-refractivity contribution >= 4 is 11.6 Å². The van der Waals surface area contributed by atoms with Crippen LogP contribution in [0.5, 0.6) is 0 Å². The van der Waals surface area contributed by atoms with Crippen LogP contribution in [0, 0.1) is 19.7 Å². The molecule has 2 aromatic rings. The van der Waals surface area contributed by atoms with Crippen LogP contribution >= 0.6 is 0 Å². The third-order valence-electron chi connectivity index (χ3n) is 4.09. The van der Waals surface area contributed by atoms with E-state index in [9.17, 15) is 9.18 Å². The van der Waals surface area contributed by atoms with Gasteiger partial charge in [-0.25, -0.2) is 4.39 Å². The molecule has 0 aliphatic rings. The van der Waals surface area contributed by atoms with Gasteiger partial charge in [0.05, 0.1) is 6.04 Å². The lowest BCUT2D eigenvalue weighted by atomic mass is 10.1. The highest BCUT2D eigenvalue weighted by Gasteiger charge is 2.19. The zero-order valence-electron chi connectivity index (χ0n) is 14.1. The highest BCUT2D eigenvalue weighted by Crippen LogP contribution is 2.20. The number of likely N-dealkylation sites (N-methyl/N-ethyl adjacent to an activating group) is 1. The molecule has 2 aromatic carbocycles. The largest absolute Gasteiger partial charge is 0.324 e. The topological polar surface area (TPSA) is 32.3 Å². The second-order valence-electron chi connectivity index (χ2n) is 5.98. The van der Waals surface area contributed by atoms with Crippen molar-refractivity contribution in [1.29, 1.82) is 0 Å². The number of hydrogen-bond donors (Lipinski definition) is 1. The molecule has 23 heavy (non-hydrogen) atoms. The van der Waals surface area contributed by atoms with Crippen LogP contribution in [0.1, 0.15) is 23.6 Å². The third-order valence-corrected chi connectivity index (χ3v) is 4.09. The van der Waals surface area contributed by atoms with Gasteiger partial charge in [0, 0.05) is 12.2 Å². The lowest BCUT2D eigenvalue weighted by Crippen LogP contribution is -2.39. The molecule has 3 nitrogen and oxygen atoms in total. The highest BCUT2D eigenvalue weighted by atomic mass is 19.1. The van der Waals surface area contributed by atoms with Gasteiger partial charge in [0.15, 0.2) is 0 Å². The van der Waals surface area contributed by atoms with E-state index in [1.807, 2.05) is 57.0 Å². The Labute approximate surface area is 137 Å². The normalized spacial score (nSPS) is 12.3. The Balaban J connectivity index is 2.04. The fourth-order valence-corrected chi connectivity index (χ4v) is 2.50. The number of amides is 1. The number of hydrogen-bond acceptors (Lipinski definition) is 2. The van der Waals surface area contributed by atoms with E-state index in [0.29, 0.717) is 6.54 Å². The summed E-state index contributed by atoms with van der Waals surface area (Å²) >= 11 is 0. The quantitative estimate of drug-likeness (QED) is 0.908. The Hall–Kier alpha value is -2.20. The molecule has 0 aliphatic heterocycles. The molecule has 0 aliphatic carbocycles. The molecule has 1 amide bonds. The minimum atomic E-state index is -0.322. The van der Waals surface area contributed by atoms with Crippen LogP contribution in [-0.4, -0.2) is 23.9 Å². The molecule has 1 atom stereocenters. The van der Waals surface area contributed by atoms with Crippen LogP contribution in [0.15, 0.2) is 42.5 Å². The number of carbonyl (C=O) groups excluding carboxylic acids is 1. The zero-order chi connectivity index (χ0) is 17.0. The second kappa shape index (κ2) is 7.38. The van der Waals surface area contributed by atoms with Crippen molar-refractivity contribution in [3.8, 4) is 0 Å². The average Bonchev–Trinajstić information content (AvgIpc) is 2.50. The van der Waals surface area contributed by atoms with Gasteiger partial charge in [-0.2, -0.15) is 0 Å². The van der Waals surface area contributed by atoms with Crippen LogP contribution in [0.25, 0.3) is 0 Å². The molecule has 122 valence electrons. The molecule has 0 radical (unpaired) electrons. The van der Waals surface area contributed by atoms with Crippen molar-refractivity contribution in [1.82, 2.24) is 4.90 Å². The molecule has 0 heterocycles. The average molecular weight is 314 g/mol. The first kappa shape index (κ1) is 17.2. The van der Waals surface area contributed by atoms with Crippen molar-refractivity contribution in [3.63, 3.8) is 0 Å². The Morgan fingerprint density at radius 1 is 1.17 bits per heavy atom. The third kappa shape index (κ3) is 4.39. The maximum Gasteiger partial charge on any atom is 0.241 e. The molecule has 4 heteroatoms. The number of anilines is 1. The van der Waals surface area contributed by atoms with E-state index in [0.717, 1.165) is 22.4 Å². The van der Waals surface area contributed by atoms with Crippen LogP contribution in [0.2, 0.25) is 0 Å². The number of nitrogens with zero attached hydrogens (tertiary/aromatic N) is 1. The monoisotopic (exact) mass is 314 g/mol. The molecule has 2 rings (SSSR count). The van der Waals surface area contributed by atoms with E-state index < -0.39 is 0 Å². The molecule has 0 fully saturated rings. The fourth-order valence-electron chi connectivity index (χ4n) is 2.50. The number of rotatable bonds is 5. The summed E-state index contributed by atoms with van der Waals surface area (Å²) in [6.07, 6.45) is 0. The van der Waals surface area contributed by atoms with Gasteiger partial charge in [-0.1, -0.05) is 30.3 Å². The van der Waals surface area contributed by atoms with Crippen LogP contribution < -0.4 is 5.32 Å². The van der Waals surface area contributed by atoms with Crippen molar-refractivity contribution in [2.24, 2.45) is 0 Å². The van der Waals surface area contributed by atoms with Gasteiger partial charge in [-0.3, -0.25) is 9.69 Å². The zero-order valence-corrected chi connectivity index (χ0v) is 14.1. The summed E-state index contributed by atoms with van der Waals surface area (Å²) in [5.74, 6) is -0.329. The molecule has 1 unspecified atom stereocenters. The summed E-state index contributed by atoms with van der Waals surface area (Å²) in [6, 6.07) is 12.0. The first-order chi connectivity index (χ1) is 10.9. The van der Waals surface area contributed by atoms with Crippen LogP contribution in [0.4, 0.5) is 10.1 Å². The number of nitrogens with one attached hydrogen (secondary N) is 1. The maximum absolute atomic E-state index is 13.3. The molecule has 0 saturated heterocycles. The smallest absolute Gasteiger partial charge is 0.241 e. The Morgan fingerprint density at radius 3 is 2.39 bits per heavy atom. The van der Waals surface area contributed by atoms with E-state index in [2.05, 4.69) is 5.32 Å². The summed E-state index contributed by atoms with van der Waals surface area (Å²) in [4.78, 5) is 14.4. The van der Waals surface area contributed by atoms with E-state index in [1.165, 1.54) is 12.1 Å². The number of carbonyl (C=O) groups is 1. The van der Waals surface area contributed by atoms with E-state index >= 15 is 0 Å². The summed E-state index contributed by atoms with van der Waals surface area (Å²) in [7, 11) is 1.86. The van der Waals surface area contributed by atoms with Crippen LogP contribution in [-0.2, 0) is 11.3 Å². The van der Waals surface area contributed by atoms with Gasteiger partial charge in [-0.05, 0) is 56.6 Å². The van der Waals surface area contributed by atoms with Gasteiger partial charge < -0.3 is 5.32 Å². The Kier molecular flexibility index (Phi) is 5.50. The summed E-state index contributed by atoms with van der Waals surface area (Å²) in [5, 5.41) is 3.00. The molecule has 0 aromatic heterocycles. The minimum Gasteiger partial charge on any atom is -0.324 e. The lowest BCUT2D eigenvalue weighted by molar-refractivity contribution is -0.120. The number of benzene rings is 2. The predicted octanol–water partition coefficient (Wildman–Crippen LogP) is 3.90. The number of aryl methyl sites for hydroxylation is 2. The van der Waals surface area contributed by atoms with Gasteiger partial charge in [-0.15, -0.1) is 0 Å². The first-order valence-corrected chi connectivity index (χ1v) is 7.70. The molecule has 1 N–H and O–H groups in total.